The molecule has 2 aromatic carbocycles. The van der Waals surface area contributed by atoms with Gasteiger partial charge in [-0.05, 0) is 60.1 Å². The number of hydrogen-bond donors (Lipinski definition) is 1. The lowest BCUT2D eigenvalue weighted by Crippen LogP contribution is -2.07. The molecule has 90 valence electrons. The second kappa shape index (κ2) is 3.42. The predicted molar refractivity (Wildman–Crippen MR) is 79.6 cm³/mol. The topological polar surface area (TPSA) is 0 Å². The quantitative estimate of drug-likeness (QED) is 0.563. The Morgan fingerprint density at radius 3 is 2.28 bits per heavy atom. The molecule has 0 bridgehead atoms. The predicted octanol–water partition coefficient (Wildman–Crippen LogP) is 4.40. The zero-order chi connectivity index (χ0) is 12.4. The van der Waals surface area contributed by atoms with Crippen molar-refractivity contribution in [3.63, 3.8) is 0 Å². The molecule has 0 aromatic heterocycles. The summed E-state index contributed by atoms with van der Waals surface area (Å²) in [6.07, 6.45) is 2.18. The highest BCUT2D eigenvalue weighted by Crippen LogP contribution is 2.49. The lowest BCUT2D eigenvalue weighted by molar-refractivity contribution is 0.920. The third-order valence-electron chi connectivity index (χ3n) is 4.24. The molecule has 0 saturated carbocycles. The van der Waals surface area contributed by atoms with Gasteiger partial charge in [0.15, 0.2) is 0 Å². The molecule has 2 aliphatic rings. The molecule has 1 atom stereocenters. The van der Waals surface area contributed by atoms with Crippen molar-refractivity contribution in [3.05, 3.63) is 57.6 Å². The van der Waals surface area contributed by atoms with Crippen LogP contribution in [0.3, 0.4) is 0 Å². The van der Waals surface area contributed by atoms with E-state index >= 15 is 0 Å². The van der Waals surface area contributed by atoms with E-state index in [0.717, 1.165) is 12.8 Å². The Labute approximate surface area is 113 Å². The smallest absolute Gasteiger partial charge is 0.0314 e. The molecule has 0 fully saturated rings. The molecular weight excluding hydrogens is 236 g/mol. The zero-order valence-corrected chi connectivity index (χ0v) is 11.6. The van der Waals surface area contributed by atoms with E-state index in [1.165, 1.54) is 44.5 Å². The Balaban J connectivity index is 2.13. The minimum atomic E-state index is 0.360. The van der Waals surface area contributed by atoms with Gasteiger partial charge in [-0.3, -0.25) is 0 Å². The Hall–Kier alpha value is -1.21. The van der Waals surface area contributed by atoms with Gasteiger partial charge >= 0.3 is 0 Å². The molecule has 1 unspecified atom stereocenters. The van der Waals surface area contributed by atoms with Gasteiger partial charge in [-0.15, -0.1) is 0 Å². The van der Waals surface area contributed by atoms with Gasteiger partial charge < -0.3 is 0 Å². The Kier molecular flexibility index (Phi) is 2.03. The molecule has 0 N–H and O–H groups in total. The summed E-state index contributed by atoms with van der Waals surface area (Å²) in [5.74, 6) is 0. The van der Waals surface area contributed by atoms with Crippen LogP contribution in [0.25, 0.3) is 11.1 Å². The van der Waals surface area contributed by atoms with Crippen LogP contribution >= 0.6 is 12.6 Å². The molecule has 0 saturated heterocycles. The van der Waals surface area contributed by atoms with Crippen molar-refractivity contribution in [1.82, 2.24) is 0 Å². The Morgan fingerprint density at radius 2 is 1.50 bits per heavy atom. The maximum atomic E-state index is 4.82. The molecule has 0 aliphatic heterocycles. The van der Waals surface area contributed by atoms with Crippen molar-refractivity contribution in [2.24, 2.45) is 0 Å². The van der Waals surface area contributed by atoms with Crippen LogP contribution in [-0.4, -0.2) is 0 Å². The van der Waals surface area contributed by atoms with Gasteiger partial charge in [-0.2, -0.15) is 12.6 Å². The van der Waals surface area contributed by atoms with Gasteiger partial charge in [0, 0.05) is 5.25 Å². The van der Waals surface area contributed by atoms with Crippen LogP contribution in [0.15, 0.2) is 24.3 Å². The van der Waals surface area contributed by atoms with Crippen LogP contribution in [0.1, 0.15) is 38.6 Å². The fraction of sp³-hybridized carbons (Fsp3) is 0.294. The Bertz CT molecular complexity index is 682. The molecule has 0 radical (unpaired) electrons. The standard InChI is InChI=1S/C17H16S/c1-9-3-11-7-12-5-10(2)6-14-15(18)8-13(4-9)16(11)17(12)14/h3-6,15,18H,7-8H2,1-2H3. The van der Waals surface area contributed by atoms with E-state index in [0.29, 0.717) is 5.25 Å². The number of aryl methyl sites for hydroxylation is 2. The fourth-order valence-electron chi connectivity index (χ4n) is 3.69. The molecule has 1 heteroatoms. The number of benzene rings is 2. The normalized spacial score (nSPS) is 18.9. The highest BCUT2D eigenvalue weighted by atomic mass is 32.1. The van der Waals surface area contributed by atoms with Crippen LogP contribution in [0.5, 0.6) is 0 Å². The average Bonchev–Trinajstić information content (AvgIpc) is 2.64. The van der Waals surface area contributed by atoms with Crippen molar-refractivity contribution in [2.75, 3.05) is 0 Å². The third-order valence-corrected chi connectivity index (χ3v) is 4.70. The average molecular weight is 252 g/mol. The van der Waals surface area contributed by atoms with Crippen molar-refractivity contribution < 1.29 is 0 Å². The van der Waals surface area contributed by atoms with Gasteiger partial charge in [0.25, 0.3) is 0 Å². The second-order valence-corrected chi connectivity index (χ2v) is 6.37. The molecule has 0 heterocycles. The number of thiol groups is 1. The first-order valence-electron chi connectivity index (χ1n) is 6.58. The van der Waals surface area contributed by atoms with Gasteiger partial charge in [0.2, 0.25) is 0 Å². The zero-order valence-electron chi connectivity index (χ0n) is 10.7. The van der Waals surface area contributed by atoms with Crippen LogP contribution in [0.2, 0.25) is 0 Å². The van der Waals surface area contributed by atoms with E-state index in [9.17, 15) is 0 Å². The van der Waals surface area contributed by atoms with Crippen molar-refractivity contribution >= 4 is 12.6 Å². The number of hydrogen-bond acceptors (Lipinski definition) is 1. The first-order chi connectivity index (χ1) is 8.63. The SMILES string of the molecule is Cc1cc2c3c(c1)CC(S)c1cc(C)cc(c1-3)C2. The highest BCUT2D eigenvalue weighted by molar-refractivity contribution is 7.80. The lowest BCUT2D eigenvalue weighted by atomic mass is 9.84. The van der Waals surface area contributed by atoms with E-state index in [1.54, 1.807) is 0 Å². The van der Waals surface area contributed by atoms with Crippen LogP contribution in [-0.2, 0) is 12.8 Å². The van der Waals surface area contributed by atoms with E-state index < -0.39 is 0 Å². The van der Waals surface area contributed by atoms with E-state index in [1.807, 2.05) is 0 Å². The van der Waals surface area contributed by atoms with E-state index in [4.69, 9.17) is 12.6 Å². The summed E-state index contributed by atoms with van der Waals surface area (Å²) in [5, 5.41) is 0.360. The second-order valence-electron chi connectivity index (χ2n) is 5.74. The summed E-state index contributed by atoms with van der Waals surface area (Å²) in [6, 6.07) is 9.38. The van der Waals surface area contributed by atoms with Gasteiger partial charge in [0.1, 0.15) is 0 Å². The van der Waals surface area contributed by atoms with Gasteiger partial charge in [-0.1, -0.05) is 35.4 Å². The minimum absolute atomic E-state index is 0.360. The van der Waals surface area contributed by atoms with E-state index in [-0.39, 0.29) is 0 Å². The van der Waals surface area contributed by atoms with Crippen molar-refractivity contribution in [1.29, 1.82) is 0 Å². The van der Waals surface area contributed by atoms with Crippen LogP contribution < -0.4 is 0 Å². The third kappa shape index (κ3) is 1.28. The molecule has 18 heavy (non-hydrogen) atoms. The van der Waals surface area contributed by atoms with Crippen LogP contribution in [0.4, 0.5) is 0 Å². The molecule has 0 amide bonds. The minimum Gasteiger partial charge on any atom is -0.171 e. The summed E-state index contributed by atoms with van der Waals surface area (Å²) in [4.78, 5) is 0. The maximum absolute atomic E-state index is 4.82. The number of rotatable bonds is 0. The summed E-state index contributed by atoms with van der Waals surface area (Å²) in [6.45, 7) is 4.40. The molecule has 2 aromatic rings. The van der Waals surface area contributed by atoms with Gasteiger partial charge in [0.05, 0.1) is 0 Å². The monoisotopic (exact) mass is 252 g/mol. The maximum Gasteiger partial charge on any atom is 0.0314 e. The molecule has 0 nitrogen and oxygen atoms in total. The first-order valence-corrected chi connectivity index (χ1v) is 7.09. The van der Waals surface area contributed by atoms with E-state index in [2.05, 4.69) is 38.1 Å². The lowest BCUT2D eigenvalue weighted by Gasteiger charge is -2.25. The summed E-state index contributed by atoms with van der Waals surface area (Å²) in [7, 11) is 0. The van der Waals surface area contributed by atoms with Crippen molar-refractivity contribution in [2.45, 2.75) is 31.9 Å². The summed E-state index contributed by atoms with van der Waals surface area (Å²) in [5.41, 5.74) is 11.8. The first kappa shape index (κ1) is 10.7. The summed E-state index contributed by atoms with van der Waals surface area (Å²) < 4.78 is 0. The summed E-state index contributed by atoms with van der Waals surface area (Å²) >= 11 is 4.82. The molecule has 4 rings (SSSR count). The van der Waals surface area contributed by atoms with Crippen LogP contribution in [0, 0.1) is 13.8 Å². The molecule has 0 spiro atoms. The largest absolute Gasteiger partial charge is 0.171 e. The fourth-order valence-corrected chi connectivity index (χ4v) is 4.09. The molecule has 2 aliphatic carbocycles. The molecular formula is C17H16S. The highest BCUT2D eigenvalue weighted by Gasteiger charge is 2.31. The Morgan fingerprint density at radius 1 is 0.889 bits per heavy atom. The van der Waals surface area contributed by atoms with Crippen molar-refractivity contribution in [3.8, 4) is 11.1 Å². The van der Waals surface area contributed by atoms with Gasteiger partial charge in [-0.25, -0.2) is 0 Å².